The maximum atomic E-state index is 5.65. The van der Waals surface area contributed by atoms with Crippen LogP contribution in [0.5, 0.6) is 11.5 Å². The summed E-state index contributed by atoms with van der Waals surface area (Å²) in [6, 6.07) is 15.5. The Balaban J connectivity index is 0.000000347. The van der Waals surface area contributed by atoms with E-state index >= 15 is 0 Å². The Labute approximate surface area is 138 Å². The second-order valence-corrected chi connectivity index (χ2v) is 6.57. The van der Waals surface area contributed by atoms with Crippen molar-refractivity contribution >= 4 is 40.4 Å². The summed E-state index contributed by atoms with van der Waals surface area (Å²) in [6.07, 6.45) is 0. The van der Waals surface area contributed by atoms with Crippen molar-refractivity contribution < 1.29 is 4.74 Å². The highest BCUT2D eigenvalue weighted by Gasteiger charge is 1.96. The first-order valence-corrected chi connectivity index (χ1v) is 8.56. The van der Waals surface area contributed by atoms with E-state index in [4.69, 9.17) is 4.74 Å². The third-order valence-corrected chi connectivity index (χ3v) is 3.63. The summed E-state index contributed by atoms with van der Waals surface area (Å²) in [5, 5.41) is 0. The van der Waals surface area contributed by atoms with Crippen molar-refractivity contribution in [2.75, 3.05) is 0 Å². The Hall–Kier alpha value is -0.890. The van der Waals surface area contributed by atoms with Crippen LogP contribution in [0.15, 0.2) is 82.3 Å². The van der Waals surface area contributed by atoms with E-state index in [9.17, 15) is 0 Å². The van der Waals surface area contributed by atoms with Crippen molar-refractivity contribution in [2.45, 2.75) is 0 Å². The summed E-state index contributed by atoms with van der Waals surface area (Å²) in [5.74, 6) is 5.35. The molecule has 0 bridgehead atoms. The van der Waals surface area contributed by atoms with Gasteiger partial charge in [0.1, 0.15) is 11.5 Å². The molecule has 0 radical (unpaired) electrons. The van der Waals surface area contributed by atoms with Gasteiger partial charge in [-0.2, -0.15) is 0 Å². The van der Waals surface area contributed by atoms with E-state index in [-0.39, 0.29) is 0 Å². The van der Waals surface area contributed by atoms with E-state index in [2.05, 4.69) is 45.0 Å². The molecule has 0 saturated carbocycles. The van der Waals surface area contributed by atoms with Crippen LogP contribution in [0.25, 0.3) is 0 Å². The van der Waals surface area contributed by atoms with Crippen LogP contribution in [0, 0.1) is 0 Å². The fourth-order valence-corrected chi connectivity index (χ4v) is 1.92. The van der Waals surface area contributed by atoms with E-state index in [1.165, 1.54) is 0 Å². The van der Waals surface area contributed by atoms with Gasteiger partial charge in [-0.15, -0.1) is 0 Å². The summed E-state index contributed by atoms with van der Waals surface area (Å²) in [7, 11) is 0.725. The first kappa shape index (κ1) is 17.2. The summed E-state index contributed by atoms with van der Waals surface area (Å²) in [4.78, 5) is 0. The monoisotopic (exact) mass is 412 g/mol. The van der Waals surface area contributed by atoms with Crippen molar-refractivity contribution in [1.29, 1.82) is 0 Å². The first-order valence-electron chi connectivity index (χ1n) is 5.82. The van der Waals surface area contributed by atoms with Gasteiger partial charge in [0.25, 0.3) is 0 Å². The van der Waals surface area contributed by atoms with Crippen molar-refractivity contribution in [3.63, 3.8) is 0 Å². The molecule has 0 unspecified atom stereocenters. The molecular weight excluding hydrogens is 399 g/mol. The quantitative estimate of drug-likeness (QED) is 0.492. The largest absolute Gasteiger partial charge is 0.457 e. The van der Waals surface area contributed by atoms with Crippen LogP contribution in [0.3, 0.4) is 0 Å². The summed E-state index contributed by atoms with van der Waals surface area (Å²) >= 11 is 6.76. The van der Waals surface area contributed by atoms with E-state index in [1.807, 2.05) is 60.2 Å². The summed E-state index contributed by atoms with van der Waals surface area (Å²) < 4.78 is 7.74. The predicted molar refractivity (Wildman–Crippen MR) is 97.1 cm³/mol. The molecule has 104 valence electrons. The predicted octanol–water partition coefficient (Wildman–Crippen LogP) is 6.96. The van der Waals surface area contributed by atoms with Gasteiger partial charge in [-0.05, 0) is 48.5 Å². The molecule has 0 N–H and O–H groups in total. The van der Waals surface area contributed by atoms with Gasteiger partial charge in [-0.1, -0.05) is 65.2 Å². The van der Waals surface area contributed by atoms with Crippen molar-refractivity contribution in [3.05, 3.63) is 82.3 Å². The molecule has 0 heterocycles. The summed E-state index contributed by atoms with van der Waals surface area (Å²) in [5.41, 5.74) is 0. The molecule has 0 spiro atoms. The third kappa shape index (κ3) is 7.04. The molecule has 2 aromatic rings. The van der Waals surface area contributed by atoms with Gasteiger partial charge in [0, 0.05) is 8.95 Å². The molecule has 0 aromatic heterocycles. The van der Waals surface area contributed by atoms with Crippen LogP contribution >= 0.6 is 40.4 Å². The van der Waals surface area contributed by atoms with Gasteiger partial charge in [0.2, 0.25) is 0 Å². The molecular formula is C16H15Br2OP. The lowest BCUT2D eigenvalue weighted by atomic mass is 10.3. The standard InChI is InChI=1S/C12H8Br2O.C4H7P/c13-9-1-5-11(6-2-9)15-12-7-3-10(14)4-8-12;1-3-5-4-2/h1-8H;3-5H,1-2H2. The van der Waals surface area contributed by atoms with E-state index in [0.717, 1.165) is 29.0 Å². The first-order chi connectivity index (χ1) is 9.65. The third-order valence-electron chi connectivity index (χ3n) is 2.10. The van der Waals surface area contributed by atoms with Crippen LogP contribution in [0.2, 0.25) is 0 Å². The van der Waals surface area contributed by atoms with Crippen LogP contribution < -0.4 is 4.74 Å². The normalized spacial score (nSPS) is 9.10. The van der Waals surface area contributed by atoms with Crippen molar-refractivity contribution in [3.8, 4) is 11.5 Å². The van der Waals surface area contributed by atoms with Gasteiger partial charge < -0.3 is 4.74 Å². The fourth-order valence-electron chi connectivity index (χ4n) is 1.22. The molecule has 1 nitrogen and oxygen atoms in total. The number of hydrogen-bond acceptors (Lipinski definition) is 1. The number of halogens is 2. The minimum atomic E-state index is 0.725. The smallest absolute Gasteiger partial charge is 0.127 e. The Morgan fingerprint density at radius 2 is 1.10 bits per heavy atom. The number of rotatable bonds is 4. The average Bonchev–Trinajstić information content (AvgIpc) is 2.45. The lowest BCUT2D eigenvalue weighted by Crippen LogP contribution is -1.82. The van der Waals surface area contributed by atoms with Gasteiger partial charge in [0.05, 0.1) is 0 Å². The molecule has 4 heteroatoms. The van der Waals surface area contributed by atoms with E-state index in [0.29, 0.717) is 0 Å². The molecule has 0 aliphatic rings. The minimum Gasteiger partial charge on any atom is -0.457 e. The van der Waals surface area contributed by atoms with Crippen LogP contribution in [0.1, 0.15) is 0 Å². The zero-order valence-electron chi connectivity index (χ0n) is 10.9. The number of hydrogen-bond donors (Lipinski definition) is 0. The number of ether oxygens (including phenoxy) is 1. The molecule has 0 atom stereocenters. The van der Waals surface area contributed by atoms with E-state index < -0.39 is 0 Å². The topological polar surface area (TPSA) is 9.23 Å². The SMILES string of the molecule is Brc1ccc(Oc2ccc(Br)cc2)cc1.C=CPC=C. The Bertz CT molecular complexity index is 486. The zero-order chi connectivity index (χ0) is 14.8. The van der Waals surface area contributed by atoms with Gasteiger partial charge in [-0.25, -0.2) is 0 Å². The van der Waals surface area contributed by atoms with Crippen LogP contribution in [-0.2, 0) is 0 Å². The second kappa shape index (κ2) is 9.93. The molecule has 0 aliphatic heterocycles. The molecule has 20 heavy (non-hydrogen) atoms. The maximum absolute atomic E-state index is 5.65. The highest BCUT2D eigenvalue weighted by molar-refractivity contribution is 9.10. The maximum Gasteiger partial charge on any atom is 0.127 e. The lowest BCUT2D eigenvalue weighted by Gasteiger charge is -2.05. The van der Waals surface area contributed by atoms with Crippen molar-refractivity contribution in [1.82, 2.24) is 0 Å². The fraction of sp³-hybridized carbons (Fsp3) is 0. The second-order valence-electron chi connectivity index (χ2n) is 3.58. The Kier molecular flexibility index (Phi) is 8.52. The van der Waals surface area contributed by atoms with E-state index in [1.54, 1.807) is 0 Å². The number of benzene rings is 2. The Morgan fingerprint density at radius 3 is 1.35 bits per heavy atom. The zero-order valence-corrected chi connectivity index (χ0v) is 15.0. The van der Waals surface area contributed by atoms with Crippen molar-refractivity contribution in [2.24, 2.45) is 0 Å². The highest BCUT2D eigenvalue weighted by atomic mass is 79.9. The minimum absolute atomic E-state index is 0.725. The molecule has 0 aliphatic carbocycles. The highest BCUT2D eigenvalue weighted by Crippen LogP contribution is 2.24. The Morgan fingerprint density at radius 1 is 0.750 bits per heavy atom. The molecule has 0 fully saturated rings. The van der Waals surface area contributed by atoms with Crippen LogP contribution in [-0.4, -0.2) is 0 Å². The summed E-state index contributed by atoms with van der Waals surface area (Å²) in [6.45, 7) is 6.98. The average molecular weight is 414 g/mol. The molecule has 0 amide bonds. The molecule has 0 saturated heterocycles. The van der Waals surface area contributed by atoms with Gasteiger partial charge in [-0.3, -0.25) is 0 Å². The molecule has 2 rings (SSSR count). The lowest BCUT2D eigenvalue weighted by molar-refractivity contribution is 0.482. The van der Waals surface area contributed by atoms with Gasteiger partial charge >= 0.3 is 0 Å². The molecule has 2 aromatic carbocycles. The van der Waals surface area contributed by atoms with Crippen LogP contribution in [0.4, 0.5) is 0 Å². The van der Waals surface area contributed by atoms with Gasteiger partial charge in [0.15, 0.2) is 0 Å².